The minimum atomic E-state index is -0.0274. The Labute approximate surface area is 146 Å². The lowest BCUT2D eigenvalue weighted by atomic mass is 9.74. The number of nitrogens with two attached hydrogens (primary N) is 1. The van der Waals surface area contributed by atoms with Crippen LogP contribution in [0.25, 0.3) is 0 Å². The van der Waals surface area contributed by atoms with Gasteiger partial charge in [-0.3, -0.25) is 4.79 Å². The number of hydrogen-bond acceptors (Lipinski definition) is 3. The maximum atomic E-state index is 11.9. The van der Waals surface area contributed by atoms with Gasteiger partial charge in [0.15, 0.2) is 0 Å². The number of rotatable bonds is 6. The normalized spacial score (nSPS) is 16.6. The quantitative estimate of drug-likeness (QED) is 0.784. The summed E-state index contributed by atoms with van der Waals surface area (Å²) in [5.74, 6) is 0.0845. The van der Waals surface area contributed by atoms with Gasteiger partial charge in [0.05, 0.1) is 0 Å². The van der Waals surface area contributed by atoms with E-state index < -0.39 is 0 Å². The lowest BCUT2D eigenvalue weighted by Crippen LogP contribution is -2.44. The molecule has 0 radical (unpaired) electrons. The lowest BCUT2D eigenvalue weighted by molar-refractivity contribution is -0.121. The van der Waals surface area contributed by atoms with Crippen molar-refractivity contribution in [2.45, 2.75) is 31.1 Å². The Morgan fingerprint density at radius 3 is 2.73 bits per heavy atom. The van der Waals surface area contributed by atoms with Gasteiger partial charge in [-0.05, 0) is 43.5 Å². The fourth-order valence-electron chi connectivity index (χ4n) is 2.77. The van der Waals surface area contributed by atoms with Gasteiger partial charge in [-0.25, -0.2) is 0 Å². The molecule has 2 rings (SSSR count). The molecule has 1 saturated heterocycles. The summed E-state index contributed by atoms with van der Waals surface area (Å²) in [6, 6.07) is 8.36. The van der Waals surface area contributed by atoms with Gasteiger partial charge in [0.25, 0.3) is 0 Å². The summed E-state index contributed by atoms with van der Waals surface area (Å²) in [5, 5.41) is 3.08. The highest BCUT2D eigenvalue weighted by atomic mass is 79.9. The van der Waals surface area contributed by atoms with Crippen LogP contribution < -0.4 is 11.1 Å². The Morgan fingerprint density at radius 2 is 2.09 bits per heavy atom. The summed E-state index contributed by atoms with van der Waals surface area (Å²) in [7, 11) is 0. The van der Waals surface area contributed by atoms with E-state index >= 15 is 0 Å². The molecule has 3 N–H and O–H groups in total. The van der Waals surface area contributed by atoms with Gasteiger partial charge in [0, 0.05) is 36.1 Å². The second kappa shape index (κ2) is 9.50. The van der Waals surface area contributed by atoms with Gasteiger partial charge in [0.2, 0.25) is 5.91 Å². The highest BCUT2D eigenvalue weighted by Gasteiger charge is 2.34. The van der Waals surface area contributed by atoms with Crippen molar-refractivity contribution in [3.05, 3.63) is 34.3 Å². The molecule has 0 spiro atoms. The molecule has 22 heavy (non-hydrogen) atoms. The van der Waals surface area contributed by atoms with E-state index in [0.717, 1.165) is 36.9 Å². The molecule has 1 aliphatic heterocycles. The highest BCUT2D eigenvalue weighted by molar-refractivity contribution is 9.10. The van der Waals surface area contributed by atoms with Crippen LogP contribution in [-0.4, -0.2) is 32.2 Å². The summed E-state index contributed by atoms with van der Waals surface area (Å²) in [6.45, 7) is 2.70. The zero-order valence-electron chi connectivity index (χ0n) is 12.6. The summed E-state index contributed by atoms with van der Waals surface area (Å²) in [4.78, 5) is 11.9. The van der Waals surface area contributed by atoms with E-state index in [-0.39, 0.29) is 23.7 Å². The molecule has 124 valence electrons. The van der Waals surface area contributed by atoms with Crippen LogP contribution in [0.2, 0.25) is 0 Å². The van der Waals surface area contributed by atoms with Crippen LogP contribution in [0, 0.1) is 0 Å². The van der Waals surface area contributed by atoms with Gasteiger partial charge in [0.1, 0.15) is 0 Å². The number of benzene rings is 1. The monoisotopic (exact) mass is 390 g/mol. The minimum Gasteiger partial charge on any atom is -0.381 e. The summed E-state index contributed by atoms with van der Waals surface area (Å²) >= 11 is 3.53. The van der Waals surface area contributed by atoms with Crippen molar-refractivity contribution in [2.24, 2.45) is 5.73 Å². The van der Waals surface area contributed by atoms with Crippen molar-refractivity contribution < 1.29 is 9.53 Å². The molecule has 6 heteroatoms. The number of carbonyl (C=O) groups is 1. The lowest BCUT2D eigenvalue weighted by Gasteiger charge is -2.38. The molecule has 0 unspecified atom stereocenters. The molecule has 1 amide bonds. The van der Waals surface area contributed by atoms with E-state index in [1.54, 1.807) is 0 Å². The zero-order chi connectivity index (χ0) is 15.1. The molecule has 4 nitrogen and oxygen atoms in total. The molecule has 1 aromatic rings. The molecule has 1 heterocycles. The number of hydrogen-bond donors (Lipinski definition) is 2. The van der Waals surface area contributed by atoms with Crippen molar-refractivity contribution in [2.75, 3.05) is 26.3 Å². The Hall–Kier alpha value is -0.620. The summed E-state index contributed by atoms with van der Waals surface area (Å²) in [6.07, 6.45) is 3.10. The molecule has 0 bridgehead atoms. The van der Waals surface area contributed by atoms with Crippen molar-refractivity contribution in [3.63, 3.8) is 0 Å². The first-order valence-electron chi connectivity index (χ1n) is 7.47. The van der Waals surface area contributed by atoms with E-state index in [1.165, 1.54) is 5.56 Å². The molecule has 1 aromatic carbocycles. The van der Waals surface area contributed by atoms with E-state index in [4.69, 9.17) is 10.5 Å². The number of carbonyl (C=O) groups excluding carboxylic acids is 1. The van der Waals surface area contributed by atoms with Gasteiger partial charge >= 0.3 is 0 Å². The van der Waals surface area contributed by atoms with Crippen LogP contribution in [-0.2, 0) is 14.9 Å². The SMILES string of the molecule is Cl.NCCCC(=O)NCC1(c2cccc(Br)c2)CCOCC1. The summed E-state index contributed by atoms with van der Waals surface area (Å²) in [5.41, 5.74) is 6.68. The molecule has 1 fully saturated rings. The van der Waals surface area contributed by atoms with E-state index in [2.05, 4.69) is 33.4 Å². The third-order valence-electron chi connectivity index (χ3n) is 4.12. The van der Waals surface area contributed by atoms with Gasteiger partial charge < -0.3 is 15.8 Å². The molecule has 0 aromatic heterocycles. The van der Waals surface area contributed by atoms with Crippen LogP contribution in [0.1, 0.15) is 31.2 Å². The fourth-order valence-corrected chi connectivity index (χ4v) is 3.17. The average molecular weight is 392 g/mol. The van der Waals surface area contributed by atoms with Crippen molar-refractivity contribution >= 4 is 34.2 Å². The van der Waals surface area contributed by atoms with Gasteiger partial charge in [-0.15, -0.1) is 12.4 Å². The number of ether oxygens (including phenoxy) is 1. The third-order valence-corrected chi connectivity index (χ3v) is 4.61. The highest BCUT2D eigenvalue weighted by Crippen LogP contribution is 2.35. The first kappa shape index (κ1) is 19.4. The number of nitrogens with one attached hydrogen (secondary N) is 1. The second-order valence-electron chi connectivity index (χ2n) is 5.57. The Kier molecular flexibility index (Phi) is 8.39. The van der Waals surface area contributed by atoms with Crippen LogP contribution >= 0.6 is 28.3 Å². The van der Waals surface area contributed by atoms with Crippen molar-refractivity contribution in [1.29, 1.82) is 0 Å². The first-order valence-corrected chi connectivity index (χ1v) is 8.26. The van der Waals surface area contributed by atoms with Crippen molar-refractivity contribution in [1.82, 2.24) is 5.32 Å². The molecular formula is C16H24BrClN2O2. The largest absolute Gasteiger partial charge is 0.381 e. The van der Waals surface area contributed by atoms with Crippen molar-refractivity contribution in [3.8, 4) is 0 Å². The summed E-state index contributed by atoms with van der Waals surface area (Å²) < 4.78 is 6.58. The standard InChI is InChI=1S/C16H23BrN2O2.ClH/c17-14-4-1-3-13(11-14)16(6-9-21-10-7-16)12-19-15(20)5-2-8-18;/h1,3-4,11H,2,5-10,12,18H2,(H,19,20);1H. The van der Waals surface area contributed by atoms with Crippen LogP contribution in [0.15, 0.2) is 28.7 Å². The Balaban J connectivity index is 0.00000242. The topological polar surface area (TPSA) is 64.4 Å². The van der Waals surface area contributed by atoms with Crippen LogP contribution in [0.5, 0.6) is 0 Å². The van der Waals surface area contributed by atoms with Crippen LogP contribution in [0.3, 0.4) is 0 Å². The maximum Gasteiger partial charge on any atom is 0.220 e. The predicted octanol–water partition coefficient (Wildman–Crippen LogP) is 2.77. The number of halogens is 2. The van der Waals surface area contributed by atoms with E-state index in [9.17, 15) is 4.79 Å². The van der Waals surface area contributed by atoms with Crippen LogP contribution in [0.4, 0.5) is 0 Å². The van der Waals surface area contributed by atoms with Gasteiger partial charge in [-0.1, -0.05) is 28.1 Å². The zero-order valence-corrected chi connectivity index (χ0v) is 15.0. The fraction of sp³-hybridized carbons (Fsp3) is 0.562. The number of amides is 1. The Bertz CT molecular complexity index is 479. The molecule has 0 aliphatic carbocycles. The Morgan fingerprint density at radius 1 is 1.36 bits per heavy atom. The minimum absolute atomic E-state index is 0. The predicted molar refractivity (Wildman–Crippen MR) is 94.4 cm³/mol. The maximum absolute atomic E-state index is 11.9. The van der Waals surface area contributed by atoms with E-state index in [1.807, 2.05) is 12.1 Å². The average Bonchev–Trinajstić information content (AvgIpc) is 2.52. The first-order chi connectivity index (χ1) is 10.2. The second-order valence-corrected chi connectivity index (χ2v) is 6.49. The smallest absolute Gasteiger partial charge is 0.220 e. The molecule has 0 atom stereocenters. The molecular weight excluding hydrogens is 368 g/mol. The molecule has 0 saturated carbocycles. The molecule has 1 aliphatic rings. The third kappa shape index (κ3) is 5.23. The van der Waals surface area contributed by atoms with E-state index in [0.29, 0.717) is 19.5 Å². The van der Waals surface area contributed by atoms with Gasteiger partial charge in [-0.2, -0.15) is 0 Å².